The number of halogens is 1. The minimum atomic E-state index is 0. The van der Waals surface area contributed by atoms with Crippen LogP contribution in [0.25, 0.3) is 11.3 Å². The Kier molecular flexibility index (Phi) is 3.38. The van der Waals surface area contributed by atoms with Crippen LogP contribution in [0.3, 0.4) is 0 Å². The lowest BCUT2D eigenvalue weighted by Gasteiger charge is -2.05. The van der Waals surface area contributed by atoms with Crippen LogP contribution in [-0.2, 0) is 13.0 Å². The fraction of sp³-hybridized carbons (Fsp3) is 0.308. The number of hydrogen-bond acceptors (Lipinski definition) is 2. The molecule has 2 heterocycles. The summed E-state index contributed by atoms with van der Waals surface area (Å²) < 4.78 is 7.46. The molecule has 0 amide bonds. The second-order valence-electron chi connectivity index (χ2n) is 4.04. The molecule has 1 aliphatic rings. The zero-order chi connectivity index (χ0) is 11.0. The molecule has 0 unspecified atom stereocenters. The van der Waals surface area contributed by atoms with Gasteiger partial charge in [-0.3, -0.25) is 0 Å². The van der Waals surface area contributed by atoms with Crippen molar-refractivity contribution < 1.29 is 4.74 Å². The van der Waals surface area contributed by atoms with E-state index in [0.717, 1.165) is 18.7 Å². The third kappa shape index (κ3) is 2.03. The lowest BCUT2D eigenvalue weighted by atomic mass is 10.1. The van der Waals surface area contributed by atoms with E-state index in [-0.39, 0.29) is 12.4 Å². The number of hydrogen-bond donors (Lipinski definition) is 0. The average molecular weight is 251 g/mol. The van der Waals surface area contributed by atoms with Crippen molar-refractivity contribution in [3.05, 3.63) is 36.3 Å². The van der Waals surface area contributed by atoms with Gasteiger partial charge >= 0.3 is 0 Å². The molecule has 2 aromatic rings. The molecule has 1 aromatic heterocycles. The van der Waals surface area contributed by atoms with Gasteiger partial charge < -0.3 is 9.30 Å². The monoisotopic (exact) mass is 250 g/mol. The highest BCUT2D eigenvalue weighted by Crippen LogP contribution is 2.26. The Morgan fingerprint density at radius 1 is 1.24 bits per heavy atom. The van der Waals surface area contributed by atoms with E-state index in [0.29, 0.717) is 0 Å². The summed E-state index contributed by atoms with van der Waals surface area (Å²) in [5.41, 5.74) is 2.43. The van der Waals surface area contributed by atoms with Crippen molar-refractivity contribution in [1.82, 2.24) is 9.55 Å². The number of methoxy groups -OCH3 is 1. The molecule has 3 rings (SSSR count). The Hall–Kier alpha value is -1.48. The summed E-state index contributed by atoms with van der Waals surface area (Å²) in [6.45, 7) is 1.09. The first kappa shape index (κ1) is 12.0. The standard InChI is InChI=1S/C13H14N2O.ClH/c1-16-11-6-4-10(5-7-11)12-9-14-13-3-2-8-15(12)13;/h4-7,9H,2-3,8H2,1H3;1H. The van der Waals surface area contributed by atoms with Crippen molar-refractivity contribution in [3.8, 4) is 17.0 Å². The molecule has 0 saturated heterocycles. The van der Waals surface area contributed by atoms with E-state index in [9.17, 15) is 0 Å². The first-order valence-corrected chi connectivity index (χ1v) is 5.57. The van der Waals surface area contributed by atoms with E-state index in [4.69, 9.17) is 4.74 Å². The third-order valence-corrected chi connectivity index (χ3v) is 3.11. The lowest BCUT2D eigenvalue weighted by Crippen LogP contribution is -1.95. The van der Waals surface area contributed by atoms with Crippen molar-refractivity contribution >= 4 is 12.4 Å². The van der Waals surface area contributed by atoms with Gasteiger partial charge in [-0.1, -0.05) is 0 Å². The van der Waals surface area contributed by atoms with Crippen LogP contribution in [0.15, 0.2) is 30.5 Å². The molecule has 17 heavy (non-hydrogen) atoms. The average Bonchev–Trinajstić information content (AvgIpc) is 2.91. The van der Waals surface area contributed by atoms with Crippen LogP contribution in [0.2, 0.25) is 0 Å². The summed E-state index contributed by atoms with van der Waals surface area (Å²) in [6.07, 6.45) is 4.29. The van der Waals surface area contributed by atoms with Gasteiger partial charge in [0, 0.05) is 18.5 Å². The van der Waals surface area contributed by atoms with Gasteiger partial charge in [0.25, 0.3) is 0 Å². The molecule has 0 atom stereocenters. The molecule has 0 radical (unpaired) electrons. The maximum Gasteiger partial charge on any atom is 0.118 e. The van der Waals surface area contributed by atoms with Crippen LogP contribution < -0.4 is 4.74 Å². The minimum absolute atomic E-state index is 0. The summed E-state index contributed by atoms with van der Waals surface area (Å²) in [5, 5.41) is 0. The highest BCUT2D eigenvalue weighted by Gasteiger charge is 2.16. The molecule has 0 spiro atoms. The first-order valence-electron chi connectivity index (χ1n) is 5.57. The Morgan fingerprint density at radius 2 is 2.00 bits per heavy atom. The van der Waals surface area contributed by atoms with Gasteiger partial charge in [-0.25, -0.2) is 4.98 Å². The van der Waals surface area contributed by atoms with Gasteiger partial charge in [0.05, 0.1) is 19.0 Å². The summed E-state index contributed by atoms with van der Waals surface area (Å²) >= 11 is 0. The topological polar surface area (TPSA) is 27.1 Å². The number of imidazole rings is 1. The second-order valence-corrected chi connectivity index (χ2v) is 4.04. The number of benzene rings is 1. The molecule has 1 aromatic carbocycles. The van der Waals surface area contributed by atoms with Crippen molar-refractivity contribution in [1.29, 1.82) is 0 Å². The number of nitrogens with zero attached hydrogens (tertiary/aromatic N) is 2. The highest BCUT2D eigenvalue weighted by molar-refractivity contribution is 5.85. The van der Waals surface area contributed by atoms with Gasteiger partial charge in [0.15, 0.2) is 0 Å². The summed E-state index contributed by atoms with van der Waals surface area (Å²) in [5.74, 6) is 2.11. The van der Waals surface area contributed by atoms with Crippen LogP contribution in [0.4, 0.5) is 0 Å². The Bertz CT molecular complexity index is 505. The van der Waals surface area contributed by atoms with Crippen molar-refractivity contribution in [2.75, 3.05) is 7.11 Å². The van der Waals surface area contributed by atoms with Crippen molar-refractivity contribution in [2.24, 2.45) is 0 Å². The van der Waals surface area contributed by atoms with Gasteiger partial charge in [0.1, 0.15) is 11.6 Å². The number of rotatable bonds is 2. The van der Waals surface area contributed by atoms with Crippen LogP contribution in [0, 0.1) is 0 Å². The Balaban J connectivity index is 0.00000108. The Labute approximate surface area is 107 Å². The molecule has 0 fully saturated rings. The molecular formula is C13H15ClN2O. The third-order valence-electron chi connectivity index (χ3n) is 3.11. The smallest absolute Gasteiger partial charge is 0.118 e. The van der Waals surface area contributed by atoms with E-state index < -0.39 is 0 Å². The predicted octanol–water partition coefficient (Wildman–Crippen LogP) is 2.93. The summed E-state index contributed by atoms with van der Waals surface area (Å²) in [4.78, 5) is 4.45. The maximum atomic E-state index is 5.16. The fourth-order valence-electron chi connectivity index (χ4n) is 2.25. The van der Waals surface area contributed by atoms with E-state index in [1.165, 1.54) is 23.5 Å². The van der Waals surface area contributed by atoms with Crippen LogP contribution >= 0.6 is 12.4 Å². The zero-order valence-electron chi connectivity index (χ0n) is 9.72. The number of aryl methyl sites for hydroxylation is 1. The van der Waals surface area contributed by atoms with Crippen molar-refractivity contribution in [2.45, 2.75) is 19.4 Å². The van der Waals surface area contributed by atoms with Gasteiger partial charge in [-0.15, -0.1) is 12.4 Å². The molecule has 0 saturated carbocycles. The fourth-order valence-corrected chi connectivity index (χ4v) is 2.25. The summed E-state index contributed by atoms with van der Waals surface area (Å²) in [6, 6.07) is 8.15. The maximum absolute atomic E-state index is 5.16. The Morgan fingerprint density at radius 3 is 2.71 bits per heavy atom. The quantitative estimate of drug-likeness (QED) is 0.820. The molecule has 3 nitrogen and oxygen atoms in total. The van der Waals surface area contributed by atoms with Crippen LogP contribution in [0.1, 0.15) is 12.2 Å². The van der Waals surface area contributed by atoms with E-state index >= 15 is 0 Å². The second kappa shape index (κ2) is 4.80. The van der Waals surface area contributed by atoms with Crippen molar-refractivity contribution in [3.63, 3.8) is 0 Å². The normalized spacial score (nSPS) is 13.0. The SMILES string of the molecule is COc1ccc(-c2cnc3n2CCC3)cc1.Cl. The number of ether oxygens (including phenoxy) is 1. The van der Waals surface area contributed by atoms with E-state index in [2.05, 4.69) is 21.7 Å². The van der Waals surface area contributed by atoms with Crippen LogP contribution in [-0.4, -0.2) is 16.7 Å². The van der Waals surface area contributed by atoms with E-state index in [1.54, 1.807) is 7.11 Å². The highest BCUT2D eigenvalue weighted by atomic mass is 35.5. The van der Waals surface area contributed by atoms with Gasteiger partial charge in [-0.05, 0) is 30.7 Å². The lowest BCUT2D eigenvalue weighted by molar-refractivity contribution is 0.415. The molecule has 0 aliphatic carbocycles. The van der Waals surface area contributed by atoms with Gasteiger partial charge in [-0.2, -0.15) is 0 Å². The predicted molar refractivity (Wildman–Crippen MR) is 69.8 cm³/mol. The van der Waals surface area contributed by atoms with E-state index in [1.807, 2.05) is 18.3 Å². The number of fused-ring (bicyclic) bond motifs is 1. The molecule has 90 valence electrons. The largest absolute Gasteiger partial charge is 0.497 e. The zero-order valence-corrected chi connectivity index (χ0v) is 10.5. The molecule has 1 aliphatic heterocycles. The van der Waals surface area contributed by atoms with Crippen LogP contribution in [0.5, 0.6) is 5.75 Å². The minimum Gasteiger partial charge on any atom is -0.497 e. The molecule has 4 heteroatoms. The first-order chi connectivity index (χ1) is 7.88. The number of aromatic nitrogens is 2. The molecular weight excluding hydrogens is 236 g/mol. The molecule has 0 bridgehead atoms. The summed E-state index contributed by atoms with van der Waals surface area (Å²) in [7, 11) is 1.69. The van der Waals surface area contributed by atoms with Gasteiger partial charge in [0.2, 0.25) is 0 Å². The molecule has 0 N–H and O–H groups in total.